The minimum atomic E-state index is 0.258. The molecule has 3 heteroatoms. The molecule has 0 saturated carbocycles. The van der Waals surface area contributed by atoms with Gasteiger partial charge in [-0.1, -0.05) is 36.7 Å². The van der Waals surface area contributed by atoms with E-state index < -0.39 is 0 Å². The minimum Gasteiger partial charge on any atom is -0.496 e. The Kier molecular flexibility index (Phi) is 5.27. The first-order valence-electron chi connectivity index (χ1n) is 7.24. The number of methoxy groups -OCH3 is 1. The monoisotopic (exact) mass is 303 g/mol. The van der Waals surface area contributed by atoms with Crippen molar-refractivity contribution in [2.45, 2.75) is 26.8 Å². The number of hydrogen-bond acceptors (Lipinski definition) is 2. The van der Waals surface area contributed by atoms with Gasteiger partial charge in [0.2, 0.25) is 0 Å². The van der Waals surface area contributed by atoms with E-state index in [2.05, 4.69) is 43.4 Å². The molecule has 1 N–H and O–H groups in total. The van der Waals surface area contributed by atoms with Crippen LogP contribution in [-0.4, -0.2) is 13.7 Å². The molecule has 2 aromatic carbocycles. The summed E-state index contributed by atoms with van der Waals surface area (Å²) in [6.45, 7) is 7.20. The molecule has 0 bridgehead atoms. The van der Waals surface area contributed by atoms with E-state index >= 15 is 0 Å². The van der Waals surface area contributed by atoms with Crippen LogP contribution >= 0.6 is 11.6 Å². The summed E-state index contributed by atoms with van der Waals surface area (Å²) in [6.07, 6.45) is 0. The Labute approximate surface area is 132 Å². The topological polar surface area (TPSA) is 21.3 Å². The Balaban J connectivity index is 2.33. The third-order valence-electron chi connectivity index (χ3n) is 3.71. The summed E-state index contributed by atoms with van der Waals surface area (Å²) in [5.41, 5.74) is 4.53. The molecule has 0 heterocycles. The van der Waals surface area contributed by atoms with Crippen molar-refractivity contribution in [3.63, 3.8) is 0 Å². The number of ether oxygens (including phenoxy) is 1. The third kappa shape index (κ3) is 3.58. The highest BCUT2D eigenvalue weighted by Crippen LogP contribution is 2.31. The molecule has 0 aromatic heterocycles. The molecule has 112 valence electrons. The van der Waals surface area contributed by atoms with Crippen molar-refractivity contribution in [1.29, 1.82) is 0 Å². The van der Waals surface area contributed by atoms with Gasteiger partial charge in [0, 0.05) is 11.1 Å². The molecule has 21 heavy (non-hydrogen) atoms. The van der Waals surface area contributed by atoms with Gasteiger partial charge < -0.3 is 10.1 Å². The van der Waals surface area contributed by atoms with Gasteiger partial charge in [-0.15, -0.1) is 0 Å². The average Bonchev–Trinajstić information content (AvgIpc) is 2.47. The number of aryl methyl sites for hydroxylation is 1. The Morgan fingerprint density at radius 2 is 1.81 bits per heavy atom. The zero-order valence-electron chi connectivity index (χ0n) is 13.0. The summed E-state index contributed by atoms with van der Waals surface area (Å²) in [5.74, 6) is 0.905. The third-order valence-corrected chi connectivity index (χ3v) is 4.03. The zero-order chi connectivity index (χ0) is 15.4. The molecule has 0 fully saturated rings. The van der Waals surface area contributed by atoms with Crippen molar-refractivity contribution < 1.29 is 4.74 Å². The maximum absolute atomic E-state index is 6.44. The molecule has 0 aliphatic rings. The molecule has 0 radical (unpaired) electrons. The molecule has 2 aromatic rings. The smallest absolute Gasteiger partial charge is 0.121 e. The van der Waals surface area contributed by atoms with Gasteiger partial charge in [0.1, 0.15) is 5.75 Å². The van der Waals surface area contributed by atoms with Gasteiger partial charge >= 0.3 is 0 Å². The van der Waals surface area contributed by atoms with Crippen molar-refractivity contribution in [1.82, 2.24) is 5.32 Å². The van der Waals surface area contributed by atoms with E-state index in [1.165, 1.54) is 0 Å². The van der Waals surface area contributed by atoms with Gasteiger partial charge in [-0.05, 0) is 60.8 Å². The van der Waals surface area contributed by atoms with Crippen LogP contribution in [0.1, 0.15) is 31.0 Å². The second kappa shape index (κ2) is 6.97. The van der Waals surface area contributed by atoms with Gasteiger partial charge in [-0.25, -0.2) is 0 Å². The first-order chi connectivity index (χ1) is 10.1. The fourth-order valence-electron chi connectivity index (χ4n) is 2.53. The molecule has 0 spiro atoms. The van der Waals surface area contributed by atoms with Gasteiger partial charge in [-0.2, -0.15) is 0 Å². The van der Waals surface area contributed by atoms with Crippen LogP contribution in [0, 0.1) is 6.92 Å². The first-order valence-corrected chi connectivity index (χ1v) is 7.62. The maximum Gasteiger partial charge on any atom is 0.121 e. The summed E-state index contributed by atoms with van der Waals surface area (Å²) in [5, 5.41) is 4.19. The molecule has 0 amide bonds. The molecule has 1 atom stereocenters. The lowest BCUT2D eigenvalue weighted by atomic mass is 9.99. The summed E-state index contributed by atoms with van der Waals surface area (Å²) in [6, 6.07) is 12.7. The standard InChI is InChI=1S/C18H22ClNO/c1-5-20-13(3)16-8-6-15(11-17(16)19)14-7-9-18(21-4)12(2)10-14/h6-11,13,20H,5H2,1-4H3. The number of rotatable bonds is 5. The molecule has 0 saturated heterocycles. The van der Waals surface area contributed by atoms with E-state index in [0.717, 1.165) is 39.6 Å². The predicted molar refractivity (Wildman–Crippen MR) is 90.3 cm³/mol. The van der Waals surface area contributed by atoms with Crippen LogP contribution in [0.2, 0.25) is 5.02 Å². The van der Waals surface area contributed by atoms with E-state index in [0.29, 0.717) is 0 Å². The van der Waals surface area contributed by atoms with Crippen LogP contribution in [0.4, 0.5) is 0 Å². The molecule has 0 aliphatic heterocycles. The van der Waals surface area contributed by atoms with Crippen molar-refractivity contribution >= 4 is 11.6 Å². The van der Waals surface area contributed by atoms with Crippen LogP contribution in [0.3, 0.4) is 0 Å². The Morgan fingerprint density at radius 3 is 2.38 bits per heavy atom. The van der Waals surface area contributed by atoms with Crippen LogP contribution in [-0.2, 0) is 0 Å². The van der Waals surface area contributed by atoms with E-state index in [4.69, 9.17) is 16.3 Å². The highest BCUT2D eigenvalue weighted by Gasteiger charge is 2.10. The molecule has 2 nitrogen and oxygen atoms in total. The molecule has 1 unspecified atom stereocenters. The summed E-state index contributed by atoms with van der Waals surface area (Å²) in [4.78, 5) is 0. The van der Waals surface area contributed by atoms with Crippen LogP contribution < -0.4 is 10.1 Å². The van der Waals surface area contributed by atoms with Crippen LogP contribution in [0.15, 0.2) is 36.4 Å². The van der Waals surface area contributed by atoms with Gasteiger partial charge in [-0.3, -0.25) is 0 Å². The maximum atomic E-state index is 6.44. The fourth-order valence-corrected chi connectivity index (χ4v) is 2.88. The number of hydrogen-bond donors (Lipinski definition) is 1. The quantitative estimate of drug-likeness (QED) is 0.839. The highest BCUT2D eigenvalue weighted by molar-refractivity contribution is 6.31. The summed E-state index contributed by atoms with van der Waals surface area (Å²) < 4.78 is 5.30. The van der Waals surface area contributed by atoms with Crippen molar-refractivity contribution in [3.05, 3.63) is 52.5 Å². The Bertz CT molecular complexity index is 625. The minimum absolute atomic E-state index is 0.258. The van der Waals surface area contributed by atoms with Crippen molar-refractivity contribution in [2.24, 2.45) is 0 Å². The Hall–Kier alpha value is -1.51. The van der Waals surface area contributed by atoms with E-state index in [-0.39, 0.29) is 6.04 Å². The lowest BCUT2D eigenvalue weighted by Crippen LogP contribution is -2.17. The summed E-state index contributed by atoms with van der Waals surface area (Å²) >= 11 is 6.44. The highest BCUT2D eigenvalue weighted by atomic mass is 35.5. The lowest BCUT2D eigenvalue weighted by Gasteiger charge is -2.15. The number of halogens is 1. The first kappa shape index (κ1) is 15.9. The molecule has 0 aliphatic carbocycles. The van der Waals surface area contributed by atoms with Crippen molar-refractivity contribution in [2.75, 3.05) is 13.7 Å². The van der Waals surface area contributed by atoms with Crippen LogP contribution in [0.25, 0.3) is 11.1 Å². The SMILES string of the molecule is CCNC(C)c1ccc(-c2ccc(OC)c(C)c2)cc1Cl. The predicted octanol–water partition coefficient (Wildman–Crippen LogP) is 4.99. The summed E-state index contributed by atoms with van der Waals surface area (Å²) in [7, 11) is 1.69. The molecular formula is C18H22ClNO. The molecule has 2 rings (SSSR count). The zero-order valence-corrected chi connectivity index (χ0v) is 13.8. The largest absolute Gasteiger partial charge is 0.496 e. The van der Waals surface area contributed by atoms with E-state index in [1.54, 1.807) is 7.11 Å². The second-order valence-corrected chi connectivity index (χ2v) is 5.61. The number of nitrogens with one attached hydrogen (secondary N) is 1. The van der Waals surface area contributed by atoms with Gasteiger partial charge in [0.25, 0.3) is 0 Å². The Morgan fingerprint density at radius 1 is 1.14 bits per heavy atom. The molecular weight excluding hydrogens is 282 g/mol. The second-order valence-electron chi connectivity index (χ2n) is 5.20. The number of benzene rings is 2. The van der Waals surface area contributed by atoms with Gasteiger partial charge in [0.05, 0.1) is 7.11 Å². The van der Waals surface area contributed by atoms with Crippen LogP contribution in [0.5, 0.6) is 5.75 Å². The van der Waals surface area contributed by atoms with E-state index in [1.807, 2.05) is 19.1 Å². The van der Waals surface area contributed by atoms with Crippen molar-refractivity contribution in [3.8, 4) is 16.9 Å². The van der Waals surface area contributed by atoms with E-state index in [9.17, 15) is 0 Å². The average molecular weight is 304 g/mol. The normalized spacial score (nSPS) is 12.2. The van der Waals surface area contributed by atoms with Gasteiger partial charge in [0.15, 0.2) is 0 Å². The lowest BCUT2D eigenvalue weighted by molar-refractivity contribution is 0.412. The fraction of sp³-hybridized carbons (Fsp3) is 0.333.